The van der Waals surface area contributed by atoms with Gasteiger partial charge in [0.25, 0.3) is 0 Å². The van der Waals surface area contributed by atoms with Crippen LogP contribution in [-0.2, 0) is 19.2 Å². The molecular weight excluding hydrogens is 304 g/mol. The molecule has 22 heavy (non-hydrogen) atoms. The Morgan fingerprint density at radius 1 is 1.45 bits per heavy atom. The van der Waals surface area contributed by atoms with E-state index in [0.717, 1.165) is 22.7 Å². The van der Waals surface area contributed by atoms with Gasteiger partial charge in [0.2, 0.25) is 5.71 Å². The van der Waals surface area contributed by atoms with E-state index in [1.54, 1.807) is 6.08 Å². The van der Waals surface area contributed by atoms with Gasteiger partial charge in [-0.05, 0) is 24.6 Å². The van der Waals surface area contributed by atoms with E-state index in [1.165, 1.54) is 11.3 Å². The van der Waals surface area contributed by atoms with Crippen molar-refractivity contribution in [2.75, 3.05) is 25.6 Å². The van der Waals surface area contributed by atoms with E-state index in [1.807, 2.05) is 38.1 Å². The number of ether oxygens (including phenoxy) is 1. The lowest BCUT2D eigenvalue weighted by molar-refractivity contribution is -0.137. The number of carbonyl (C=O) groups is 2. The van der Waals surface area contributed by atoms with Gasteiger partial charge < -0.3 is 14.5 Å². The number of rotatable bonds is 6. The first kappa shape index (κ1) is 16.2. The summed E-state index contributed by atoms with van der Waals surface area (Å²) in [6.07, 6.45) is 3.29. The minimum atomic E-state index is -0.637. The van der Waals surface area contributed by atoms with Crippen LogP contribution in [0.15, 0.2) is 22.9 Å². The van der Waals surface area contributed by atoms with E-state index in [9.17, 15) is 9.59 Å². The molecule has 0 unspecified atom stereocenters. The lowest BCUT2D eigenvalue weighted by atomic mass is 10.1. The number of hydrogen-bond acceptors (Lipinski definition) is 7. The number of thiophene rings is 1. The average molecular weight is 322 g/mol. The van der Waals surface area contributed by atoms with Crippen molar-refractivity contribution in [2.24, 2.45) is 5.16 Å². The normalized spacial score (nSPS) is 15.7. The Kier molecular flexibility index (Phi) is 5.32. The van der Waals surface area contributed by atoms with Gasteiger partial charge in [0, 0.05) is 19.0 Å². The van der Waals surface area contributed by atoms with Crippen molar-refractivity contribution in [1.82, 2.24) is 0 Å². The molecule has 0 saturated carbocycles. The summed E-state index contributed by atoms with van der Waals surface area (Å²) in [7, 11) is 3.87. The molecule has 0 bridgehead atoms. The maximum Gasteiger partial charge on any atom is 0.368 e. The number of carbonyl (C=O) groups excluding carboxylic acids is 2. The Balaban J connectivity index is 2.15. The highest BCUT2D eigenvalue weighted by molar-refractivity contribution is 7.17. The fourth-order valence-electron chi connectivity index (χ4n) is 1.74. The zero-order chi connectivity index (χ0) is 16.1. The Labute approximate surface area is 133 Å². The van der Waals surface area contributed by atoms with Gasteiger partial charge in [-0.15, -0.1) is 11.3 Å². The van der Waals surface area contributed by atoms with E-state index >= 15 is 0 Å². The van der Waals surface area contributed by atoms with E-state index < -0.39 is 11.9 Å². The third-order valence-electron chi connectivity index (χ3n) is 2.96. The van der Waals surface area contributed by atoms with Crippen molar-refractivity contribution >= 4 is 40.1 Å². The van der Waals surface area contributed by atoms with Gasteiger partial charge in [-0.2, -0.15) is 0 Å². The van der Waals surface area contributed by atoms with Crippen molar-refractivity contribution in [3.8, 4) is 0 Å². The molecule has 0 saturated heterocycles. The van der Waals surface area contributed by atoms with Crippen molar-refractivity contribution < 1.29 is 19.2 Å². The molecule has 0 fully saturated rings. The fraction of sp³-hybridized carbons (Fsp3) is 0.400. The SMILES string of the molecule is CCCCOC(=O)C1=NOC(=O)/C1=C\c1ccc(N(C)C)s1. The summed E-state index contributed by atoms with van der Waals surface area (Å²) in [5.74, 6) is -1.27. The standard InChI is InChI=1S/C15H18N2O4S/c1-4-5-8-20-15(19)13-11(14(18)21-16-13)9-10-6-7-12(22-10)17(2)3/h6-7,9H,4-5,8H2,1-3H3/b11-9-. The minimum absolute atomic E-state index is 0.0686. The van der Waals surface area contributed by atoms with Crippen LogP contribution in [0.5, 0.6) is 0 Å². The van der Waals surface area contributed by atoms with Gasteiger partial charge in [-0.1, -0.05) is 18.5 Å². The quantitative estimate of drug-likeness (QED) is 0.348. The molecule has 118 valence electrons. The van der Waals surface area contributed by atoms with Gasteiger partial charge in [0.05, 0.1) is 11.6 Å². The summed E-state index contributed by atoms with van der Waals surface area (Å²) in [5, 5.41) is 4.58. The van der Waals surface area contributed by atoms with Gasteiger partial charge >= 0.3 is 11.9 Å². The fourth-order valence-corrected chi connectivity index (χ4v) is 2.61. The zero-order valence-electron chi connectivity index (χ0n) is 12.8. The first-order valence-electron chi connectivity index (χ1n) is 6.98. The molecular formula is C15H18N2O4S. The van der Waals surface area contributed by atoms with Crippen molar-refractivity contribution in [3.05, 3.63) is 22.6 Å². The molecule has 1 aliphatic rings. The predicted octanol–water partition coefficient (Wildman–Crippen LogP) is 2.45. The first-order valence-corrected chi connectivity index (χ1v) is 7.80. The second kappa shape index (κ2) is 7.22. The van der Waals surface area contributed by atoms with Crippen molar-refractivity contribution in [3.63, 3.8) is 0 Å². The summed E-state index contributed by atoms with van der Waals surface area (Å²) >= 11 is 1.50. The van der Waals surface area contributed by atoms with Crippen LogP contribution >= 0.6 is 11.3 Å². The van der Waals surface area contributed by atoms with Gasteiger partial charge in [-0.25, -0.2) is 9.59 Å². The van der Waals surface area contributed by atoms with E-state index in [4.69, 9.17) is 4.74 Å². The Morgan fingerprint density at radius 2 is 2.23 bits per heavy atom. The van der Waals surface area contributed by atoms with Crippen LogP contribution in [-0.4, -0.2) is 38.4 Å². The summed E-state index contributed by atoms with van der Waals surface area (Å²) in [4.78, 5) is 31.1. The summed E-state index contributed by atoms with van der Waals surface area (Å²) in [6, 6.07) is 3.81. The molecule has 0 N–H and O–H groups in total. The van der Waals surface area contributed by atoms with E-state index in [2.05, 4.69) is 9.99 Å². The molecule has 0 spiro atoms. The lowest BCUT2D eigenvalue weighted by Gasteiger charge is -2.06. The van der Waals surface area contributed by atoms with Crippen molar-refractivity contribution in [2.45, 2.75) is 19.8 Å². The summed E-state index contributed by atoms with van der Waals surface area (Å²) in [5.41, 5.74) is 0.0644. The third-order valence-corrected chi connectivity index (χ3v) is 4.16. The molecule has 7 heteroatoms. The molecule has 0 aromatic carbocycles. The van der Waals surface area contributed by atoms with Crippen LogP contribution in [0.2, 0.25) is 0 Å². The highest BCUT2D eigenvalue weighted by Gasteiger charge is 2.32. The molecule has 0 amide bonds. The van der Waals surface area contributed by atoms with Gasteiger partial charge in [0.15, 0.2) is 0 Å². The third kappa shape index (κ3) is 3.73. The number of unbranched alkanes of at least 4 members (excludes halogenated alkanes) is 1. The van der Waals surface area contributed by atoms with Crippen LogP contribution in [0.3, 0.4) is 0 Å². The second-order valence-electron chi connectivity index (χ2n) is 4.94. The van der Waals surface area contributed by atoms with Crippen LogP contribution in [0, 0.1) is 0 Å². The number of nitrogens with zero attached hydrogens (tertiary/aromatic N) is 2. The maximum absolute atomic E-state index is 11.9. The summed E-state index contributed by atoms with van der Waals surface area (Å²) in [6.45, 7) is 2.30. The minimum Gasteiger partial charge on any atom is -0.461 e. The van der Waals surface area contributed by atoms with Crippen LogP contribution in [0.1, 0.15) is 24.6 Å². The highest BCUT2D eigenvalue weighted by atomic mass is 32.1. The van der Waals surface area contributed by atoms with E-state index in [0.29, 0.717) is 6.61 Å². The van der Waals surface area contributed by atoms with E-state index in [-0.39, 0.29) is 11.3 Å². The molecule has 1 aromatic rings. The average Bonchev–Trinajstić information content (AvgIpc) is 3.08. The van der Waals surface area contributed by atoms with Crippen LogP contribution < -0.4 is 4.90 Å². The smallest absolute Gasteiger partial charge is 0.368 e. The number of hydrogen-bond donors (Lipinski definition) is 0. The molecule has 1 aliphatic heterocycles. The summed E-state index contributed by atoms with van der Waals surface area (Å²) < 4.78 is 5.08. The largest absolute Gasteiger partial charge is 0.461 e. The lowest BCUT2D eigenvalue weighted by Crippen LogP contribution is -2.20. The molecule has 2 rings (SSSR count). The Morgan fingerprint density at radius 3 is 2.86 bits per heavy atom. The molecule has 2 heterocycles. The highest BCUT2D eigenvalue weighted by Crippen LogP contribution is 2.27. The van der Waals surface area contributed by atoms with Gasteiger partial charge in [-0.3, -0.25) is 0 Å². The first-order chi connectivity index (χ1) is 10.5. The Bertz CT molecular complexity index is 631. The predicted molar refractivity (Wildman–Crippen MR) is 86.0 cm³/mol. The molecule has 1 aromatic heterocycles. The molecule has 0 radical (unpaired) electrons. The number of anilines is 1. The molecule has 0 aliphatic carbocycles. The molecule has 0 atom stereocenters. The number of esters is 1. The van der Waals surface area contributed by atoms with Gasteiger partial charge in [0.1, 0.15) is 5.57 Å². The topological polar surface area (TPSA) is 68.2 Å². The number of oxime groups is 1. The van der Waals surface area contributed by atoms with Crippen LogP contribution in [0.4, 0.5) is 5.00 Å². The Hall–Kier alpha value is -2.15. The monoisotopic (exact) mass is 322 g/mol. The maximum atomic E-state index is 11.9. The van der Waals surface area contributed by atoms with Crippen molar-refractivity contribution in [1.29, 1.82) is 0 Å². The molecule has 6 nitrogen and oxygen atoms in total. The zero-order valence-corrected chi connectivity index (χ0v) is 13.6. The van der Waals surface area contributed by atoms with Crippen LogP contribution in [0.25, 0.3) is 6.08 Å². The second-order valence-corrected chi connectivity index (χ2v) is 6.03.